The van der Waals surface area contributed by atoms with Gasteiger partial charge in [-0.05, 0) is 31.7 Å². The van der Waals surface area contributed by atoms with E-state index < -0.39 is 0 Å². The Bertz CT molecular complexity index is 353. The Balaban J connectivity index is 2.48. The van der Waals surface area contributed by atoms with Gasteiger partial charge in [-0.3, -0.25) is 0 Å². The molecule has 1 aromatic rings. The van der Waals surface area contributed by atoms with Gasteiger partial charge in [-0.2, -0.15) is 0 Å². The van der Waals surface area contributed by atoms with E-state index in [0.717, 1.165) is 13.1 Å². The highest BCUT2D eigenvalue weighted by molar-refractivity contribution is 5.16. The van der Waals surface area contributed by atoms with E-state index in [1.807, 2.05) is 6.20 Å². The van der Waals surface area contributed by atoms with Gasteiger partial charge in [0.05, 0.1) is 5.54 Å². The molecule has 3 nitrogen and oxygen atoms in total. The second kappa shape index (κ2) is 3.88. The predicted octanol–water partition coefficient (Wildman–Crippen LogP) is 2.53. The Morgan fingerprint density at radius 3 is 2.75 bits per heavy atom. The van der Waals surface area contributed by atoms with E-state index in [2.05, 4.69) is 48.8 Å². The first kappa shape index (κ1) is 11.6. The van der Waals surface area contributed by atoms with Gasteiger partial charge in [-0.25, -0.2) is 4.98 Å². The zero-order valence-corrected chi connectivity index (χ0v) is 10.9. The van der Waals surface area contributed by atoms with E-state index >= 15 is 0 Å². The summed E-state index contributed by atoms with van der Waals surface area (Å²) in [5.74, 6) is 1.21. The lowest BCUT2D eigenvalue weighted by molar-refractivity contribution is 0.144. The third-order valence-corrected chi connectivity index (χ3v) is 3.87. The van der Waals surface area contributed by atoms with Gasteiger partial charge in [0.2, 0.25) is 0 Å². The maximum absolute atomic E-state index is 4.61. The third-order valence-electron chi connectivity index (χ3n) is 3.87. The Morgan fingerprint density at radius 2 is 2.25 bits per heavy atom. The predicted molar refractivity (Wildman–Crippen MR) is 66.3 cm³/mol. The molecule has 1 aliphatic rings. The highest BCUT2D eigenvalue weighted by atomic mass is 15.2. The summed E-state index contributed by atoms with van der Waals surface area (Å²) in [6.07, 6.45) is 6.44. The van der Waals surface area contributed by atoms with Gasteiger partial charge in [0.15, 0.2) is 0 Å². The monoisotopic (exact) mass is 221 g/mol. The topological polar surface area (TPSA) is 29.9 Å². The van der Waals surface area contributed by atoms with Crippen molar-refractivity contribution >= 4 is 0 Å². The van der Waals surface area contributed by atoms with E-state index in [1.165, 1.54) is 18.7 Å². The van der Waals surface area contributed by atoms with Gasteiger partial charge in [-0.15, -0.1) is 0 Å². The maximum Gasteiger partial charge on any atom is 0.129 e. The summed E-state index contributed by atoms with van der Waals surface area (Å²) in [7, 11) is 0. The Hall–Kier alpha value is -0.830. The minimum atomic E-state index is 0.0481. The number of aromatic nitrogens is 2. The molecule has 90 valence electrons. The van der Waals surface area contributed by atoms with Crippen LogP contribution in [0.1, 0.15) is 46.4 Å². The quantitative estimate of drug-likeness (QED) is 0.831. The zero-order chi connectivity index (χ0) is 11.8. The van der Waals surface area contributed by atoms with Gasteiger partial charge >= 0.3 is 0 Å². The highest BCUT2D eigenvalue weighted by Gasteiger charge is 2.48. The molecule has 0 bridgehead atoms. The van der Waals surface area contributed by atoms with Crippen molar-refractivity contribution in [1.29, 1.82) is 0 Å². The number of nitrogens with zero attached hydrogens (tertiary/aromatic N) is 2. The van der Waals surface area contributed by atoms with E-state index in [-0.39, 0.29) is 11.0 Å². The summed E-state index contributed by atoms with van der Waals surface area (Å²) in [5.41, 5.74) is 0.244. The average Bonchev–Trinajstić information content (AvgIpc) is 2.85. The Labute approximate surface area is 98.3 Å². The number of imidazole rings is 1. The first-order valence-electron chi connectivity index (χ1n) is 6.28. The first-order valence-corrected chi connectivity index (χ1v) is 6.28. The molecule has 0 radical (unpaired) electrons. The second-order valence-corrected chi connectivity index (χ2v) is 5.72. The van der Waals surface area contributed by atoms with Crippen molar-refractivity contribution in [3.05, 3.63) is 18.2 Å². The van der Waals surface area contributed by atoms with Gasteiger partial charge in [0, 0.05) is 18.9 Å². The van der Waals surface area contributed by atoms with Crippen LogP contribution in [0, 0.1) is 5.41 Å². The smallest absolute Gasteiger partial charge is 0.129 e. The lowest BCUT2D eigenvalue weighted by atomic mass is 9.72. The summed E-state index contributed by atoms with van der Waals surface area (Å²) in [6, 6.07) is 0. The van der Waals surface area contributed by atoms with E-state index in [9.17, 15) is 0 Å². The second-order valence-electron chi connectivity index (χ2n) is 5.72. The number of aryl methyl sites for hydroxylation is 1. The molecule has 0 amide bonds. The Kier molecular flexibility index (Phi) is 2.82. The number of rotatable bonds is 2. The molecule has 1 atom stereocenters. The highest BCUT2D eigenvalue weighted by Crippen LogP contribution is 2.44. The molecule has 1 saturated heterocycles. The van der Waals surface area contributed by atoms with Gasteiger partial charge in [0.25, 0.3) is 0 Å². The SMILES string of the molecule is CCn1ccnc1C1(C(C)(C)C)CCCN1. The first-order chi connectivity index (χ1) is 7.51. The van der Waals surface area contributed by atoms with E-state index in [1.54, 1.807) is 0 Å². The van der Waals surface area contributed by atoms with E-state index in [0.29, 0.717) is 0 Å². The minimum Gasteiger partial charge on any atom is -0.334 e. The molecule has 0 aliphatic carbocycles. The zero-order valence-electron chi connectivity index (χ0n) is 10.9. The summed E-state index contributed by atoms with van der Waals surface area (Å²) < 4.78 is 2.27. The molecule has 0 saturated carbocycles. The van der Waals surface area contributed by atoms with Crippen LogP contribution < -0.4 is 5.32 Å². The summed E-state index contributed by atoms with van der Waals surface area (Å²) in [5, 5.41) is 3.70. The fourth-order valence-electron chi connectivity index (χ4n) is 2.85. The lowest BCUT2D eigenvalue weighted by Gasteiger charge is -2.41. The molecule has 1 aromatic heterocycles. The van der Waals surface area contributed by atoms with Crippen LogP contribution in [0.15, 0.2) is 12.4 Å². The number of hydrogen-bond donors (Lipinski definition) is 1. The minimum absolute atomic E-state index is 0.0481. The fraction of sp³-hybridized carbons (Fsp3) is 0.769. The van der Waals surface area contributed by atoms with Crippen LogP contribution in [0.3, 0.4) is 0 Å². The summed E-state index contributed by atoms with van der Waals surface area (Å²) in [6.45, 7) is 11.2. The van der Waals surface area contributed by atoms with Gasteiger partial charge in [0.1, 0.15) is 5.82 Å². The van der Waals surface area contributed by atoms with Crippen molar-refractivity contribution in [3.63, 3.8) is 0 Å². The van der Waals surface area contributed by atoms with Crippen molar-refractivity contribution in [2.45, 2.75) is 52.6 Å². The molecule has 3 heteroatoms. The molecule has 0 aromatic carbocycles. The maximum atomic E-state index is 4.61. The van der Waals surface area contributed by atoms with Gasteiger partial charge in [-0.1, -0.05) is 20.8 Å². The van der Waals surface area contributed by atoms with Gasteiger partial charge < -0.3 is 9.88 Å². The summed E-state index contributed by atoms with van der Waals surface area (Å²) in [4.78, 5) is 4.61. The number of nitrogens with one attached hydrogen (secondary N) is 1. The Morgan fingerprint density at radius 1 is 1.50 bits per heavy atom. The van der Waals surface area contributed by atoms with Crippen LogP contribution in [0.2, 0.25) is 0 Å². The molecular formula is C13H23N3. The van der Waals surface area contributed by atoms with Crippen LogP contribution in [-0.4, -0.2) is 16.1 Å². The molecule has 1 fully saturated rings. The van der Waals surface area contributed by atoms with Crippen LogP contribution in [0.25, 0.3) is 0 Å². The van der Waals surface area contributed by atoms with E-state index in [4.69, 9.17) is 0 Å². The molecule has 2 rings (SSSR count). The van der Waals surface area contributed by atoms with Crippen molar-refractivity contribution in [2.24, 2.45) is 5.41 Å². The standard InChI is InChI=1S/C13H23N3/c1-5-16-10-9-14-11(16)13(12(2,3)4)7-6-8-15-13/h9-10,15H,5-8H2,1-4H3. The lowest BCUT2D eigenvalue weighted by Crippen LogP contribution is -2.49. The fourth-order valence-corrected chi connectivity index (χ4v) is 2.85. The largest absolute Gasteiger partial charge is 0.334 e. The molecule has 2 heterocycles. The molecule has 1 unspecified atom stereocenters. The van der Waals surface area contributed by atoms with Crippen LogP contribution >= 0.6 is 0 Å². The van der Waals surface area contributed by atoms with Crippen molar-refractivity contribution in [2.75, 3.05) is 6.54 Å². The molecular weight excluding hydrogens is 198 g/mol. The molecule has 16 heavy (non-hydrogen) atoms. The molecule has 0 spiro atoms. The molecule has 1 aliphatic heterocycles. The van der Waals surface area contributed by atoms with Crippen LogP contribution in [-0.2, 0) is 12.1 Å². The molecule has 1 N–H and O–H groups in total. The van der Waals surface area contributed by atoms with Crippen molar-refractivity contribution in [3.8, 4) is 0 Å². The van der Waals surface area contributed by atoms with Crippen LogP contribution in [0.4, 0.5) is 0 Å². The summed E-state index contributed by atoms with van der Waals surface area (Å²) >= 11 is 0. The normalized spacial score (nSPS) is 26.2. The van der Waals surface area contributed by atoms with Crippen molar-refractivity contribution in [1.82, 2.24) is 14.9 Å². The van der Waals surface area contributed by atoms with Crippen molar-refractivity contribution < 1.29 is 0 Å². The van der Waals surface area contributed by atoms with Crippen LogP contribution in [0.5, 0.6) is 0 Å². The average molecular weight is 221 g/mol. The third kappa shape index (κ3) is 1.58. The number of hydrogen-bond acceptors (Lipinski definition) is 2.